The van der Waals surface area contributed by atoms with E-state index in [1.165, 1.54) is 0 Å². The maximum atomic E-state index is 12.2. The van der Waals surface area contributed by atoms with Gasteiger partial charge in [0, 0.05) is 19.0 Å². The SMILES string of the molecule is CCCc1nc(C(=O)N(CCC)C(C)C)n[nH]1. The van der Waals surface area contributed by atoms with Gasteiger partial charge in [0.1, 0.15) is 5.82 Å². The molecule has 0 bridgehead atoms. The summed E-state index contributed by atoms with van der Waals surface area (Å²) in [6.07, 6.45) is 2.76. The highest BCUT2D eigenvalue weighted by molar-refractivity contribution is 5.90. The van der Waals surface area contributed by atoms with Crippen LogP contribution in [0.3, 0.4) is 0 Å². The Balaban J connectivity index is 2.78. The quantitative estimate of drug-likeness (QED) is 0.824. The van der Waals surface area contributed by atoms with E-state index in [9.17, 15) is 4.79 Å². The lowest BCUT2D eigenvalue weighted by molar-refractivity contribution is 0.0693. The second-order valence-electron chi connectivity index (χ2n) is 4.45. The van der Waals surface area contributed by atoms with Crippen molar-refractivity contribution >= 4 is 5.91 Å². The molecular formula is C12H22N4O. The first-order valence-corrected chi connectivity index (χ1v) is 6.32. The molecule has 0 spiro atoms. The van der Waals surface area contributed by atoms with Crippen molar-refractivity contribution in [2.75, 3.05) is 6.54 Å². The molecule has 0 unspecified atom stereocenters. The molecule has 0 aliphatic heterocycles. The predicted octanol–water partition coefficient (Wildman–Crippen LogP) is 2.02. The molecule has 0 saturated carbocycles. The fourth-order valence-electron chi connectivity index (χ4n) is 1.70. The van der Waals surface area contributed by atoms with E-state index in [2.05, 4.69) is 29.0 Å². The van der Waals surface area contributed by atoms with Gasteiger partial charge in [-0.25, -0.2) is 4.98 Å². The van der Waals surface area contributed by atoms with Crippen molar-refractivity contribution in [2.24, 2.45) is 0 Å². The molecule has 1 amide bonds. The van der Waals surface area contributed by atoms with Crippen molar-refractivity contribution < 1.29 is 4.79 Å². The summed E-state index contributed by atoms with van der Waals surface area (Å²) in [6.45, 7) is 8.89. The van der Waals surface area contributed by atoms with Crippen molar-refractivity contribution in [1.82, 2.24) is 20.1 Å². The predicted molar refractivity (Wildman–Crippen MR) is 66.8 cm³/mol. The second-order valence-corrected chi connectivity index (χ2v) is 4.45. The maximum absolute atomic E-state index is 12.2. The van der Waals surface area contributed by atoms with Gasteiger partial charge in [0.2, 0.25) is 5.82 Å². The van der Waals surface area contributed by atoms with Crippen molar-refractivity contribution in [3.63, 3.8) is 0 Å². The molecule has 1 rings (SSSR count). The molecule has 96 valence electrons. The fourth-order valence-corrected chi connectivity index (χ4v) is 1.70. The minimum Gasteiger partial charge on any atom is -0.333 e. The van der Waals surface area contributed by atoms with Crippen LogP contribution in [0.1, 0.15) is 57.0 Å². The number of nitrogens with one attached hydrogen (secondary N) is 1. The van der Waals surface area contributed by atoms with Crippen LogP contribution in [0.2, 0.25) is 0 Å². The zero-order chi connectivity index (χ0) is 12.8. The molecule has 1 aromatic rings. The lowest BCUT2D eigenvalue weighted by Crippen LogP contribution is -2.38. The number of hydrogen-bond acceptors (Lipinski definition) is 3. The number of carbonyl (C=O) groups excluding carboxylic acids is 1. The fraction of sp³-hybridized carbons (Fsp3) is 0.750. The summed E-state index contributed by atoms with van der Waals surface area (Å²) in [4.78, 5) is 18.2. The smallest absolute Gasteiger partial charge is 0.293 e. The molecule has 0 saturated heterocycles. The van der Waals surface area contributed by atoms with Gasteiger partial charge < -0.3 is 4.90 Å². The highest BCUT2D eigenvalue weighted by Crippen LogP contribution is 2.06. The number of hydrogen-bond donors (Lipinski definition) is 1. The Hall–Kier alpha value is -1.39. The van der Waals surface area contributed by atoms with Gasteiger partial charge in [0.15, 0.2) is 0 Å². The molecule has 0 radical (unpaired) electrons. The standard InChI is InChI=1S/C12H22N4O/c1-5-7-10-13-11(15-14-10)12(17)16(8-6-2)9(3)4/h9H,5-8H2,1-4H3,(H,13,14,15). The summed E-state index contributed by atoms with van der Waals surface area (Å²) in [5.74, 6) is 0.993. The number of rotatable bonds is 6. The van der Waals surface area contributed by atoms with E-state index in [4.69, 9.17) is 0 Å². The molecule has 1 heterocycles. The van der Waals surface area contributed by atoms with Crippen LogP contribution in [0, 0.1) is 0 Å². The maximum Gasteiger partial charge on any atom is 0.293 e. The summed E-state index contributed by atoms with van der Waals surface area (Å²) in [5.41, 5.74) is 0. The van der Waals surface area contributed by atoms with Crippen molar-refractivity contribution in [2.45, 2.75) is 53.0 Å². The summed E-state index contributed by atoms with van der Waals surface area (Å²) in [6, 6.07) is 0.176. The largest absolute Gasteiger partial charge is 0.333 e. The van der Waals surface area contributed by atoms with Gasteiger partial charge in [-0.3, -0.25) is 9.89 Å². The molecule has 0 aliphatic carbocycles. The summed E-state index contributed by atoms with van der Waals surface area (Å²) < 4.78 is 0. The number of amides is 1. The first-order valence-electron chi connectivity index (χ1n) is 6.32. The minimum absolute atomic E-state index is 0.0829. The minimum atomic E-state index is -0.0829. The van der Waals surface area contributed by atoms with E-state index in [0.717, 1.165) is 31.6 Å². The number of carbonyl (C=O) groups is 1. The molecule has 5 nitrogen and oxygen atoms in total. The van der Waals surface area contributed by atoms with E-state index in [1.807, 2.05) is 13.8 Å². The van der Waals surface area contributed by atoms with Gasteiger partial charge in [-0.1, -0.05) is 13.8 Å². The van der Waals surface area contributed by atoms with Gasteiger partial charge in [-0.15, -0.1) is 5.10 Å². The number of H-pyrrole nitrogens is 1. The monoisotopic (exact) mass is 238 g/mol. The van der Waals surface area contributed by atoms with Crippen LogP contribution in [0.15, 0.2) is 0 Å². The van der Waals surface area contributed by atoms with Gasteiger partial charge >= 0.3 is 0 Å². The first kappa shape index (κ1) is 13.7. The van der Waals surface area contributed by atoms with Gasteiger partial charge in [0.25, 0.3) is 5.91 Å². The van der Waals surface area contributed by atoms with Crippen LogP contribution in [0.25, 0.3) is 0 Å². The van der Waals surface area contributed by atoms with Gasteiger partial charge in [0.05, 0.1) is 0 Å². The first-order chi connectivity index (χ1) is 8.10. The normalized spacial score (nSPS) is 10.9. The Bertz CT molecular complexity index is 359. The van der Waals surface area contributed by atoms with Crippen molar-refractivity contribution in [3.05, 3.63) is 11.6 Å². The average Bonchev–Trinajstić information content (AvgIpc) is 2.73. The summed E-state index contributed by atoms with van der Waals surface area (Å²) >= 11 is 0. The average molecular weight is 238 g/mol. The summed E-state index contributed by atoms with van der Waals surface area (Å²) in [5, 5.41) is 6.81. The third kappa shape index (κ3) is 3.54. The zero-order valence-electron chi connectivity index (χ0n) is 11.2. The highest BCUT2D eigenvalue weighted by Gasteiger charge is 2.21. The van der Waals surface area contributed by atoms with E-state index in [1.54, 1.807) is 4.90 Å². The van der Waals surface area contributed by atoms with E-state index < -0.39 is 0 Å². The Morgan fingerprint density at radius 2 is 2.06 bits per heavy atom. The Morgan fingerprint density at radius 3 is 2.59 bits per heavy atom. The lowest BCUT2D eigenvalue weighted by Gasteiger charge is -2.24. The molecular weight excluding hydrogens is 216 g/mol. The highest BCUT2D eigenvalue weighted by atomic mass is 16.2. The Kier molecular flexibility index (Phi) is 5.12. The number of nitrogens with zero attached hydrogens (tertiary/aromatic N) is 3. The molecule has 0 aromatic carbocycles. The third-order valence-corrected chi connectivity index (χ3v) is 2.56. The topological polar surface area (TPSA) is 61.9 Å². The molecule has 0 atom stereocenters. The van der Waals surface area contributed by atoms with Crippen LogP contribution in [-0.4, -0.2) is 38.6 Å². The van der Waals surface area contributed by atoms with Crippen molar-refractivity contribution in [3.8, 4) is 0 Å². The van der Waals surface area contributed by atoms with Crippen LogP contribution in [0.5, 0.6) is 0 Å². The molecule has 17 heavy (non-hydrogen) atoms. The van der Waals surface area contributed by atoms with Crippen LogP contribution >= 0.6 is 0 Å². The second kappa shape index (κ2) is 6.37. The van der Waals surface area contributed by atoms with Crippen LogP contribution < -0.4 is 0 Å². The zero-order valence-corrected chi connectivity index (χ0v) is 11.2. The van der Waals surface area contributed by atoms with E-state index in [-0.39, 0.29) is 17.8 Å². The van der Waals surface area contributed by atoms with E-state index in [0.29, 0.717) is 0 Å². The molecule has 1 aromatic heterocycles. The van der Waals surface area contributed by atoms with Crippen LogP contribution in [0.4, 0.5) is 0 Å². The molecule has 0 aliphatic rings. The number of aryl methyl sites for hydroxylation is 1. The molecule has 5 heteroatoms. The molecule has 0 fully saturated rings. The third-order valence-electron chi connectivity index (χ3n) is 2.56. The summed E-state index contributed by atoms with van der Waals surface area (Å²) in [7, 11) is 0. The number of aromatic amines is 1. The number of aromatic nitrogens is 3. The van der Waals surface area contributed by atoms with E-state index >= 15 is 0 Å². The van der Waals surface area contributed by atoms with Gasteiger partial charge in [-0.2, -0.15) is 0 Å². The van der Waals surface area contributed by atoms with Crippen molar-refractivity contribution in [1.29, 1.82) is 0 Å². The molecule has 1 N–H and O–H groups in total. The lowest BCUT2D eigenvalue weighted by atomic mass is 10.3. The Morgan fingerprint density at radius 1 is 1.35 bits per heavy atom. The van der Waals surface area contributed by atoms with Crippen LogP contribution in [-0.2, 0) is 6.42 Å². The Labute approximate surface area is 103 Å². The van der Waals surface area contributed by atoms with Gasteiger partial charge in [-0.05, 0) is 26.7 Å².